The molecule has 0 heterocycles. The van der Waals surface area contributed by atoms with E-state index in [4.69, 9.17) is 32.7 Å². The molecule has 1 atom stereocenters. The minimum atomic E-state index is -0.691. The fraction of sp³-hybridized carbons (Fsp3) is 0.0789. The Morgan fingerprint density at radius 3 is 2.08 bits per heavy atom. The Morgan fingerprint density at radius 2 is 1.41 bits per heavy atom. The van der Waals surface area contributed by atoms with Crippen molar-refractivity contribution in [2.75, 3.05) is 24.9 Å². The topological polar surface area (TPSA) is 106 Å². The summed E-state index contributed by atoms with van der Waals surface area (Å²) in [5.74, 6) is -0.496. The monoisotopic (exact) mass is 711 g/mol. The molecule has 0 aliphatic carbocycles. The maximum Gasteiger partial charge on any atom is 0.272 e. The summed E-state index contributed by atoms with van der Waals surface area (Å²) >= 11 is 13.7. The largest absolute Gasteiger partial charge is 0.495 e. The lowest BCUT2D eigenvalue weighted by Crippen LogP contribution is -2.30. The number of halogens is 2. The third-order valence-electron chi connectivity index (χ3n) is 7.13. The molecule has 0 saturated carbocycles. The van der Waals surface area contributed by atoms with Gasteiger partial charge in [0.1, 0.15) is 22.4 Å². The molecule has 3 N–H and O–H groups in total. The molecule has 5 aromatic carbocycles. The molecule has 3 amide bonds. The second-order valence-corrected chi connectivity index (χ2v) is 12.5. The molecule has 8 nitrogen and oxygen atoms in total. The standard InChI is InChI=1S/C38H31Cl2N3O5S/c1-47-33-23-34(48-2)31(22-30(33)40)42-38(46)35(25-10-5-3-6-11-25)49-29-15-9-14-28(21-29)41-37(45)32(20-24-16-18-27(39)19-17-24)43-36(44)26-12-7-4-8-13-26/h3-23,35H,1-2H3,(H,41,45)(H,42,46)(H,43,44)/b32-20+. The van der Waals surface area contributed by atoms with Gasteiger partial charge in [-0.1, -0.05) is 89.9 Å². The summed E-state index contributed by atoms with van der Waals surface area (Å²) in [5, 5.41) is 8.72. The summed E-state index contributed by atoms with van der Waals surface area (Å²) < 4.78 is 10.8. The zero-order valence-electron chi connectivity index (χ0n) is 26.4. The maximum atomic E-state index is 13.8. The summed E-state index contributed by atoms with van der Waals surface area (Å²) in [7, 11) is 2.99. The van der Waals surface area contributed by atoms with E-state index in [1.54, 1.807) is 91.0 Å². The maximum absolute atomic E-state index is 13.8. The highest BCUT2D eigenvalue weighted by Crippen LogP contribution is 2.40. The third-order valence-corrected chi connectivity index (χ3v) is 8.92. The molecule has 248 valence electrons. The first-order chi connectivity index (χ1) is 23.7. The van der Waals surface area contributed by atoms with Gasteiger partial charge in [0.05, 0.1) is 24.9 Å². The highest BCUT2D eigenvalue weighted by atomic mass is 35.5. The summed E-state index contributed by atoms with van der Waals surface area (Å²) in [5.41, 5.74) is 2.70. The van der Waals surface area contributed by atoms with E-state index < -0.39 is 17.1 Å². The van der Waals surface area contributed by atoms with Gasteiger partial charge in [-0.3, -0.25) is 14.4 Å². The number of nitrogens with one attached hydrogen (secondary N) is 3. The Kier molecular flexibility index (Phi) is 12.0. The molecule has 0 fully saturated rings. The van der Waals surface area contributed by atoms with E-state index >= 15 is 0 Å². The van der Waals surface area contributed by atoms with Crippen molar-refractivity contribution in [3.63, 3.8) is 0 Å². The molecule has 11 heteroatoms. The van der Waals surface area contributed by atoms with E-state index in [1.165, 1.54) is 26.0 Å². The van der Waals surface area contributed by atoms with Crippen LogP contribution in [-0.4, -0.2) is 31.9 Å². The van der Waals surface area contributed by atoms with E-state index in [0.717, 1.165) is 5.56 Å². The average molecular weight is 713 g/mol. The quantitative estimate of drug-likeness (QED) is 0.0882. The normalized spacial score (nSPS) is 11.6. The van der Waals surface area contributed by atoms with Crippen molar-refractivity contribution in [1.29, 1.82) is 0 Å². The predicted molar refractivity (Wildman–Crippen MR) is 197 cm³/mol. The minimum Gasteiger partial charge on any atom is -0.495 e. The molecule has 0 aliphatic rings. The van der Waals surface area contributed by atoms with Gasteiger partial charge >= 0.3 is 0 Å². The molecule has 0 aliphatic heterocycles. The second kappa shape index (κ2) is 16.7. The van der Waals surface area contributed by atoms with Crippen LogP contribution in [0.3, 0.4) is 0 Å². The molecule has 49 heavy (non-hydrogen) atoms. The van der Waals surface area contributed by atoms with Crippen LogP contribution in [0.25, 0.3) is 6.08 Å². The molecular formula is C38H31Cl2N3O5S. The predicted octanol–water partition coefficient (Wildman–Crippen LogP) is 8.89. The molecule has 0 radical (unpaired) electrons. The highest BCUT2D eigenvalue weighted by molar-refractivity contribution is 8.00. The number of methoxy groups -OCH3 is 2. The lowest BCUT2D eigenvalue weighted by Gasteiger charge is -2.19. The number of anilines is 2. The fourth-order valence-electron chi connectivity index (χ4n) is 4.71. The van der Waals surface area contributed by atoms with Crippen molar-refractivity contribution in [1.82, 2.24) is 5.32 Å². The Bertz CT molecular complexity index is 1970. The number of thioether (sulfide) groups is 1. The molecule has 0 bridgehead atoms. The third kappa shape index (κ3) is 9.45. The molecular weight excluding hydrogens is 681 g/mol. The van der Waals surface area contributed by atoms with Crippen molar-refractivity contribution in [3.05, 3.63) is 154 Å². The Balaban J connectivity index is 1.39. The number of hydrogen-bond donors (Lipinski definition) is 3. The van der Waals surface area contributed by atoms with Crippen molar-refractivity contribution in [2.45, 2.75) is 10.1 Å². The van der Waals surface area contributed by atoms with E-state index in [1.807, 2.05) is 36.4 Å². The van der Waals surface area contributed by atoms with Gasteiger partial charge in [0.2, 0.25) is 5.91 Å². The van der Waals surface area contributed by atoms with Crippen LogP contribution in [0.2, 0.25) is 10.0 Å². The van der Waals surface area contributed by atoms with Gasteiger partial charge in [-0.2, -0.15) is 0 Å². The molecule has 1 unspecified atom stereocenters. The lowest BCUT2D eigenvalue weighted by molar-refractivity contribution is -0.116. The van der Waals surface area contributed by atoms with Crippen LogP contribution in [0.5, 0.6) is 11.5 Å². The van der Waals surface area contributed by atoms with Crippen LogP contribution in [0.1, 0.15) is 26.7 Å². The Hall–Kier alpha value is -5.22. The van der Waals surface area contributed by atoms with E-state index in [2.05, 4.69) is 16.0 Å². The van der Waals surface area contributed by atoms with Gasteiger partial charge in [-0.25, -0.2) is 0 Å². The van der Waals surface area contributed by atoms with Crippen LogP contribution < -0.4 is 25.4 Å². The van der Waals surface area contributed by atoms with Crippen molar-refractivity contribution >= 4 is 70.1 Å². The number of carbonyl (C=O) groups excluding carboxylic acids is 3. The number of carbonyl (C=O) groups is 3. The molecule has 0 aromatic heterocycles. The van der Waals surface area contributed by atoms with E-state index in [9.17, 15) is 14.4 Å². The van der Waals surface area contributed by atoms with Gasteiger partial charge in [0.25, 0.3) is 11.8 Å². The lowest BCUT2D eigenvalue weighted by atomic mass is 10.1. The summed E-state index contributed by atoms with van der Waals surface area (Å²) in [6.45, 7) is 0. The molecule has 5 rings (SSSR count). The van der Waals surface area contributed by atoms with Gasteiger partial charge < -0.3 is 25.4 Å². The van der Waals surface area contributed by atoms with Crippen molar-refractivity contribution in [2.24, 2.45) is 0 Å². The van der Waals surface area contributed by atoms with Gasteiger partial charge in [0.15, 0.2) is 0 Å². The second-order valence-electron chi connectivity index (χ2n) is 10.5. The molecule has 5 aromatic rings. The average Bonchev–Trinajstić information content (AvgIpc) is 3.12. The first-order valence-electron chi connectivity index (χ1n) is 14.9. The van der Waals surface area contributed by atoms with Crippen LogP contribution in [-0.2, 0) is 9.59 Å². The van der Waals surface area contributed by atoms with Crippen LogP contribution >= 0.6 is 35.0 Å². The summed E-state index contributed by atoms with van der Waals surface area (Å²) in [6.07, 6.45) is 1.57. The van der Waals surface area contributed by atoms with Gasteiger partial charge in [-0.15, -0.1) is 11.8 Å². The number of benzene rings is 5. The zero-order chi connectivity index (χ0) is 34.8. The molecule has 0 saturated heterocycles. The van der Waals surface area contributed by atoms with Gasteiger partial charge in [-0.05, 0) is 65.7 Å². The molecule has 0 spiro atoms. The summed E-state index contributed by atoms with van der Waals surface area (Å²) in [4.78, 5) is 41.2. The smallest absolute Gasteiger partial charge is 0.272 e. The SMILES string of the molecule is COc1cc(OC)c(NC(=O)C(Sc2cccc(NC(=O)/C(=C\c3ccc(Cl)cc3)NC(=O)c3ccccc3)c2)c2ccccc2)cc1Cl. The Labute approximate surface area is 298 Å². The highest BCUT2D eigenvalue weighted by Gasteiger charge is 2.24. The minimum absolute atomic E-state index is 0.0304. The first-order valence-corrected chi connectivity index (χ1v) is 16.6. The summed E-state index contributed by atoms with van der Waals surface area (Å²) in [6, 6.07) is 35.1. The van der Waals surface area contributed by atoms with Crippen LogP contribution in [0.15, 0.2) is 132 Å². The van der Waals surface area contributed by atoms with E-state index in [0.29, 0.717) is 48.9 Å². The number of amides is 3. The van der Waals surface area contributed by atoms with Gasteiger partial charge in [0, 0.05) is 27.2 Å². The van der Waals surface area contributed by atoms with Crippen molar-refractivity contribution < 1.29 is 23.9 Å². The van der Waals surface area contributed by atoms with E-state index in [-0.39, 0.29) is 11.6 Å². The number of hydrogen-bond acceptors (Lipinski definition) is 6. The zero-order valence-corrected chi connectivity index (χ0v) is 28.7. The number of rotatable bonds is 12. The Morgan fingerprint density at radius 1 is 0.735 bits per heavy atom. The van der Waals surface area contributed by atoms with Crippen molar-refractivity contribution in [3.8, 4) is 11.5 Å². The van der Waals surface area contributed by atoms with Crippen LogP contribution in [0.4, 0.5) is 11.4 Å². The first kappa shape index (κ1) is 35.1. The van der Waals surface area contributed by atoms with Crippen LogP contribution in [0, 0.1) is 0 Å². The number of ether oxygens (including phenoxy) is 2. The fourth-order valence-corrected chi connectivity index (χ4v) is 6.16.